The van der Waals surface area contributed by atoms with Crippen LogP contribution >= 0.6 is 11.6 Å². The molecule has 0 spiro atoms. The van der Waals surface area contributed by atoms with E-state index >= 15 is 0 Å². The van der Waals surface area contributed by atoms with E-state index in [1.54, 1.807) is 24.3 Å². The third kappa shape index (κ3) is 5.85. The molecule has 4 aromatic carbocycles. The molecule has 2 N–H and O–H groups in total. The highest BCUT2D eigenvalue weighted by Gasteiger charge is 2.31. The fourth-order valence-electron chi connectivity index (χ4n) is 3.37. The van der Waals surface area contributed by atoms with Crippen molar-refractivity contribution in [2.24, 2.45) is 0 Å². The number of phenols is 1. The molecule has 0 radical (unpaired) electrons. The average Bonchev–Trinajstić information content (AvgIpc) is 2.84. The van der Waals surface area contributed by atoms with Crippen LogP contribution in [-0.2, 0) is 6.18 Å². The van der Waals surface area contributed by atoms with Gasteiger partial charge in [-0.05, 0) is 72.3 Å². The molecule has 0 aliphatic carbocycles. The first-order chi connectivity index (χ1) is 17.1. The molecule has 8 heteroatoms. The molecule has 36 heavy (non-hydrogen) atoms. The van der Waals surface area contributed by atoms with Gasteiger partial charge < -0.3 is 10.4 Å². The number of aromatic hydroxyl groups is 1. The number of carbonyl (C=O) groups is 1. The van der Waals surface area contributed by atoms with Crippen molar-refractivity contribution in [1.82, 2.24) is 0 Å². The van der Waals surface area contributed by atoms with Crippen molar-refractivity contribution in [2.75, 3.05) is 5.32 Å². The maximum Gasteiger partial charge on any atom is 0.416 e. The Morgan fingerprint density at radius 1 is 0.833 bits per heavy atom. The lowest BCUT2D eigenvalue weighted by Gasteiger charge is -2.15. The van der Waals surface area contributed by atoms with Crippen LogP contribution in [0, 0.1) is 17.7 Å². The van der Waals surface area contributed by atoms with Gasteiger partial charge in [-0.25, -0.2) is 4.39 Å². The molecule has 3 nitrogen and oxygen atoms in total. The van der Waals surface area contributed by atoms with Crippen LogP contribution in [0.1, 0.15) is 27.0 Å². The van der Waals surface area contributed by atoms with Crippen LogP contribution in [0.25, 0.3) is 11.1 Å². The van der Waals surface area contributed by atoms with Gasteiger partial charge in [0.25, 0.3) is 5.91 Å². The number of halogens is 5. The Hall–Kier alpha value is -4.28. The normalized spacial score (nSPS) is 10.9. The van der Waals surface area contributed by atoms with E-state index in [4.69, 9.17) is 11.6 Å². The first-order valence-electron chi connectivity index (χ1n) is 10.5. The number of rotatable bonds is 3. The lowest BCUT2D eigenvalue weighted by molar-refractivity contribution is -0.137. The lowest BCUT2D eigenvalue weighted by atomic mass is 10.0. The standard InChI is InChI=1S/C28H16ClF4NO2/c29-21-9-3-17(4-10-21)1-2-18-5-14-26(35)24(15-18)27(36)34-25-16-20(28(31,32)33)8-13-23(25)19-6-11-22(30)12-7-19/h3-16,35H,(H,34,36). The Kier molecular flexibility index (Phi) is 7.00. The van der Waals surface area contributed by atoms with Crippen molar-refractivity contribution < 1.29 is 27.5 Å². The quantitative estimate of drug-likeness (QED) is 0.222. The summed E-state index contributed by atoms with van der Waals surface area (Å²) in [5.74, 6) is 4.04. The fraction of sp³-hybridized carbons (Fsp3) is 0.0357. The second-order valence-corrected chi connectivity index (χ2v) is 8.14. The minimum atomic E-state index is -4.65. The summed E-state index contributed by atoms with van der Waals surface area (Å²) in [7, 11) is 0. The Morgan fingerprint density at radius 3 is 2.14 bits per heavy atom. The predicted molar refractivity (Wildman–Crippen MR) is 130 cm³/mol. The van der Waals surface area contributed by atoms with Crippen molar-refractivity contribution in [3.8, 4) is 28.7 Å². The molecule has 1 amide bonds. The van der Waals surface area contributed by atoms with E-state index in [9.17, 15) is 27.5 Å². The molecule has 4 rings (SSSR count). The number of benzene rings is 4. The molecular weight excluding hydrogens is 494 g/mol. The summed E-state index contributed by atoms with van der Waals surface area (Å²) >= 11 is 5.86. The number of carbonyl (C=O) groups excluding carboxylic acids is 1. The van der Waals surface area contributed by atoms with Gasteiger partial charge in [-0.3, -0.25) is 4.79 Å². The lowest BCUT2D eigenvalue weighted by Crippen LogP contribution is -2.14. The van der Waals surface area contributed by atoms with E-state index in [0.717, 1.165) is 24.3 Å². The van der Waals surface area contributed by atoms with Crippen LogP contribution in [0.4, 0.5) is 23.2 Å². The van der Waals surface area contributed by atoms with Crippen molar-refractivity contribution in [3.05, 3.63) is 118 Å². The van der Waals surface area contributed by atoms with Crippen LogP contribution < -0.4 is 5.32 Å². The van der Waals surface area contributed by atoms with Crippen molar-refractivity contribution in [1.29, 1.82) is 0 Å². The van der Waals surface area contributed by atoms with E-state index in [1.807, 2.05) is 0 Å². The Balaban J connectivity index is 1.68. The monoisotopic (exact) mass is 509 g/mol. The third-order valence-electron chi connectivity index (χ3n) is 5.19. The zero-order valence-electron chi connectivity index (χ0n) is 18.3. The van der Waals surface area contributed by atoms with Gasteiger partial charge >= 0.3 is 6.18 Å². The Morgan fingerprint density at radius 2 is 1.47 bits per heavy atom. The highest BCUT2D eigenvalue weighted by atomic mass is 35.5. The van der Waals surface area contributed by atoms with E-state index in [0.29, 0.717) is 21.7 Å². The summed E-state index contributed by atoms with van der Waals surface area (Å²) in [5.41, 5.74) is 0.401. The maximum absolute atomic E-state index is 13.4. The Labute approximate surface area is 209 Å². The zero-order valence-corrected chi connectivity index (χ0v) is 19.1. The number of nitrogens with one attached hydrogen (secondary N) is 1. The van der Waals surface area contributed by atoms with E-state index in [1.165, 1.54) is 36.4 Å². The van der Waals surface area contributed by atoms with Crippen LogP contribution in [0.5, 0.6) is 5.75 Å². The second kappa shape index (κ2) is 10.1. The molecule has 0 fully saturated rings. The molecule has 0 aromatic heterocycles. The molecule has 0 heterocycles. The fourth-order valence-corrected chi connectivity index (χ4v) is 3.49. The molecule has 0 saturated carbocycles. The van der Waals surface area contributed by atoms with Crippen LogP contribution in [0.2, 0.25) is 5.02 Å². The molecular formula is C28H16ClF4NO2. The van der Waals surface area contributed by atoms with Gasteiger partial charge in [0, 0.05) is 27.4 Å². The molecule has 0 atom stereocenters. The molecule has 0 aliphatic rings. The highest BCUT2D eigenvalue weighted by Crippen LogP contribution is 2.36. The maximum atomic E-state index is 13.4. The van der Waals surface area contributed by atoms with Crippen molar-refractivity contribution >= 4 is 23.2 Å². The van der Waals surface area contributed by atoms with Gasteiger partial charge in [0.15, 0.2) is 0 Å². The summed E-state index contributed by atoms with van der Waals surface area (Å²) in [6.45, 7) is 0. The van der Waals surface area contributed by atoms with Crippen molar-refractivity contribution in [2.45, 2.75) is 6.18 Å². The van der Waals surface area contributed by atoms with Crippen LogP contribution in [-0.4, -0.2) is 11.0 Å². The molecule has 4 aromatic rings. The minimum absolute atomic E-state index is 0.154. The molecule has 0 bridgehead atoms. The number of anilines is 1. The zero-order chi connectivity index (χ0) is 25.9. The number of hydrogen-bond donors (Lipinski definition) is 2. The number of amides is 1. The Bertz CT molecular complexity index is 1490. The molecule has 0 unspecified atom stereocenters. The van der Waals surface area contributed by atoms with Crippen LogP contribution in [0.15, 0.2) is 84.9 Å². The largest absolute Gasteiger partial charge is 0.507 e. The SMILES string of the molecule is O=C(Nc1cc(C(F)(F)F)ccc1-c1ccc(F)cc1)c1cc(C#Cc2ccc(Cl)cc2)ccc1O. The molecule has 180 valence electrons. The van der Waals surface area contributed by atoms with E-state index < -0.39 is 23.5 Å². The summed E-state index contributed by atoms with van der Waals surface area (Å²) < 4.78 is 53.4. The summed E-state index contributed by atoms with van der Waals surface area (Å²) in [4.78, 5) is 13.0. The number of hydrogen-bond acceptors (Lipinski definition) is 2. The average molecular weight is 510 g/mol. The van der Waals surface area contributed by atoms with E-state index in [-0.39, 0.29) is 22.6 Å². The van der Waals surface area contributed by atoms with Gasteiger partial charge in [-0.2, -0.15) is 13.2 Å². The predicted octanol–water partition coefficient (Wildman–Crippen LogP) is 7.52. The minimum Gasteiger partial charge on any atom is -0.507 e. The van der Waals surface area contributed by atoms with E-state index in [2.05, 4.69) is 17.2 Å². The first-order valence-corrected chi connectivity index (χ1v) is 10.9. The smallest absolute Gasteiger partial charge is 0.416 e. The van der Waals surface area contributed by atoms with Crippen LogP contribution in [0.3, 0.4) is 0 Å². The second-order valence-electron chi connectivity index (χ2n) is 7.71. The number of phenolic OH excluding ortho intramolecular Hbond substituents is 1. The van der Waals surface area contributed by atoms with Gasteiger partial charge in [0.05, 0.1) is 11.1 Å². The number of alkyl halides is 3. The van der Waals surface area contributed by atoms with Gasteiger partial charge in [-0.1, -0.05) is 41.6 Å². The topological polar surface area (TPSA) is 49.3 Å². The third-order valence-corrected chi connectivity index (χ3v) is 5.44. The van der Waals surface area contributed by atoms with Gasteiger partial charge in [0.1, 0.15) is 11.6 Å². The summed E-state index contributed by atoms with van der Waals surface area (Å²) in [6.07, 6.45) is -4.65. The van der Waals surface area contributed by atoms with Gasteiger partial charge in [0.2, 0.25) is 0 Å². The van der Waals surface area contributed by atoms with Crippen molar-refractivity contribution in [3.63, 3.8) is 0 Å². The summed E-state index contributed by atoms with van der Waals surface area (Å²) in [5, 5.41) is 13.3. The first kappa shape index (κ1) is 24.8. The molecule has 0 aliphatic heterocycles. The highest BCUT2D eigenvalue weighted by molar-refractivity contribution is 6.30. The summed E-state index contributed by atoms with van der Waals surface area (Å²) in [6, 6.07) is 18.8. The molecule has 0 saturated heterocycles. The van der Waals surface area contributed by atoms with Gasteiger partial charge in [-0.15, -0.1) is 0 Å².